The zero-order valence-electron chi connectivity index (χ0n) is 16.4. The van der Waals surface area contributed by atoms with E-state index in [1.807, 2.05) is 13.8 Å². The van der Waals surface area contributed by atoms with Crippen LogP contribution < -0.4 is 9.46 Å². The highest BCUT2D eigenvalue weighted by Gasteiger charge is 2.29. The van der Waals surface area contributed by atoms with Gasteiger partial charge in [0.25, 0.3) is 15.9 Å². The van der Waals surface area contributed by atoms with Gasteiger partial charge in [0.1, 0.15) is 5.75 Å². The van der Waals surface area contributed by atoms with Crippen molar-refractivity contribution in [1.29, 1.82) is 0 Å². The molecule has 0 aliphatic carbocycles. The molecule has 1 amide bonds. The first-order valence-electron chi connectivity index (χ1n) is 9.10. The van der Waals surface area contributed by atoms with Crippen molar-refractivity contribution >= 4 is 37.5 Å². The maximum atomic E-state index is 12.9. The first kappa shape index (κ1) is 21.6. The lowest BCUT2D eigenvalue weighted by Crippen LogP contribution is -2.50. The Labute approximate surface area is 179 Å². The minimum atomic E-state index is -3.87. The Morgan fingerprint density at radius 1 is 1.24 bits per heavy atom. The van der Waals surface area contributed by atoms with E-state index < -0.39 is 10.0 Å². The molecule has 1 aliphatic heterocycles. The van der Waals surface area contributed by atoms with E-state index in [-0.39, 0.29) is 22.9 Å². The molecular weight excluding hydrogens is 460 g/mol. The normalized spacial score (nSPS) is 19.7. The third kappa shape index (κ3) is 4.91. The lowest BCUT2D eigenvalue weighted by atomic mass is 10.1. The van der Waals surface area contributed by atoms with Crippen molar-refractivity contribution in [2.75, 3.05) is 25.0 Å². The molecule has 2 unspecified atom stereocenters. The number of carbonyl (C=O) groups is 1. The predicted octanol–water partition coefficient (Wildman–Crippen LogP) is 3.51. The molecule has 29 heavy (non-hydrogen) atoms. The molecule has 2 aromatic carbocycles. The number of nitrogens with one attached hydrogen (secondary N) is 1. The summed E-state index contributed by atoms with van der Waals surface area (Å²) < 4.78 is 39.5. The number of morpholine rings is 1. The molecule has 0 saturated carbocycles. The van der Waals surface area contributed by atoms with Crippen molar-refractivity contribution in [2.24, 2.45) is 0 Å². The zero-order valence-corrected chi connectivity index (χ0v) is 18.8. The van der Waals surface area contributed by atoms with Gasteiger partial charge in [-0.15, -0.1) is 0 Å². The van der Waals surface area contributed by atoms with Gasteiger partial charge in [-0.1, -0.05) is 6.07 Å². The number of ether oxygens (including phenoxy) is 2. The molecule has 156 valence electrons. The maximum Gasteiger partial charge on any atom is 0.261 e. The van der Waals surface area contributed by atoms with Gasteiger partial charge < -0.3 is 14.4 Å². The van der Waals surface area contributed by atoms with Crippen LogP contribution in [0.5, 0.6) is 5.75 Å². The van der Waals surface area contributed by atoms with Gasteiger partial charge in [-0.25, -0.2) is 8.42 Å². The van der Waals surface area contributed by atoms with Crippen LogP contribution in [0.4, 0.5) is 5.69 Å². The molecular formula is C20H23BrN2O5S. The number of anilines is 1. The van der Waals surface area contributed by atoms with Crippen molar-refractivity contribution in [3.05, 3.63) is 52.5 Å². The Morgan fingerprint density at radius 2 is 2.00 bits per heavy atom. The number of methoxy groups -OCH3 is 1. The highest BCUT2D eigenvalue weighted by molar-refractivity contribution is 9.10. The third-order valence-corrected chi connectivity index (χ3v) is 6.66. The second-order valence-corrected chi connectivity index (χ2v) is 9.47. The molecule has 1 aliphatic rings. The molecule has 7 nitrogen and oxygen atoms in total. The first-order valence-corrected chi connectivity index (χ1v) is 11.4. The van der Waals surface area contributed by atoms with E-state index in [1.54, 1.807) is 35.2 Å². The average molecular weight is 483 g/mol. The highest BCUT2D eigenvalue weighted by Crippen LogP contribution is 2.29. The molecule has 1 saturated heterocycles. The number of sulfonamides is 1. The number of rotatable bonds is 5. The Hall–Kier alpha value is -2.10. The van der Waals surface area contributed by atoms with E-state index in [0.29, 0.717) is 34.6 Å². The lowest BCUT2D eigenvalue weighted by Gasteiger charge is -2.36. The number of amides is 1. The maximum absolute atomic E-state index is 12.9. The number of benzene rings is 2. The minimum Gasteiger partial charge on any atom is -0.496 e. The molecule has 1 N–H and O–H groups in total. The first-order chi connectivity index (χ1) is 13.7. The molecule has 0 spiro atoms. The van der Waals surface area contributed by atoms with Gasteiger partial charge in [-0.3, -0.25) is 9.52 Å². The van der Waals surface area contributed by atoms with Gasteiger partial charge in [0.15, 0.2) is 0 Å². The average Bonchev–Trinajstić information content (AvgIpc) is 2.69. The fourth-order valence-electron chi connectivity index (χ4n) is 3.09. The van der Waals surface area contributed by atoms with Gasteiger partial charge in [0, 0.05) is 12.1 Å². The SMILES string of the molecule is COc1ccc(NS(=O)(=O)c2cccc(C(=O)N3CC(C)OCC3C)c2)cc1Br. The second kappa shape index (κ2) is 8.73. The van der Waals surface area contributed by atoms with Crippen LogP contribution >= 0.6 is 15.9 Å². The summed E-state index contributed by atoms with van der Waals surface area (Å²) >= 11 is 3.34. The van der Waals surface area contributed by atoms with E-state index in [2.05, 4.69) is 20.7 Å². The number of halogens is 1. The minimum absolute atomic E-state index is 0.0178. The quantitative estimate of drug-likeness (QED) is 0.704. The standard InChI is InChI=1S/C20H23BrN2O5S/c1-13-12-28-14(2)11-23(13)20(24)15-5-4-6-17(9-15)29(25,26)22-16-7-8-19(27-3)18(21)10-16/h4-10,13-14,22H,11-12H2,1-3H3. The number of hydrogen-bond donors (Lipinski definition) is 1. The van der Waals surface area contributed by atoms with E-state index in [0.717, 1.165) is 0 Å². The van der Waals surface area contributed by atoms with E-state index in [1.165, 1.54) is 19.2 Å². The largest absolute Gasteiger partial charge is 0.496 e. The summed E-state index contributed by atoms with van der Waals surface area (Å²) in [5.74, 6) is 0.381. The predicted molar refractivity (Wildman–Crippen MR) is 114 cm³/mol. The van der Waals surface area contributed by atoms with Crippen LogP contribution in [0.1, 0.15) is 24.2 Å². The number of hydrogen-bond acceptors (Lipinski definition) is 5. The summed E-state index contributed by atoms with van der Waals surface area (Å²) in [7, 11) is -2.34. The van der Waals surface area contributed by atoms with Gasteiger partial charge in [0.05, 0.1) is 40.9 Å². The Kier molecular flexibility index (Phi) is 6.50. The number of nitrogens with zero attached hydrogens (tertiary/aromatic N) is 1. The molecule has 3 rings (SSSR count). The van der Waals surface area contributed by atoms with Crippen LogP contribution in [0.3, 0.4) is 0 Å². The van der Waals surface area contributed by atoms with Crippen molar-refractivity contribution in [2.45, 2.75) is 30.9 Å². The van der Waals surface area contributed by atoms with Crippen LogP contribution in [0, 0.1) is 0 Å². The summed E-state index contributed by atoms with van der Waals surface area (Å²) in [5, 5.41) is 0. The molecule has 0 bridgehead atoms. The van der Waals surface area contributed by atoms with E-state index in [4.69, 9.17) is 9.47 Å². The Morgan fingerprint density at radius 3 is 2.69 bits per heavy atom. The Bertz CT molecular complexity index is 1010. The summed E-state index contributed by atoms with van der Waals surface area (Å²) in [6.45, 7) is 4.74. The van der Waals surface area contributed by atoms with Gasteiger partial charge >= 0.3 is 0 Å². The van der Waals surface area contributed by atoms with Crippen LogP contribution in [0.25, 0.3) is 0 Å². The molecule has 0 aromatic heterocycles. The molecule has 2 atom stereocenters. The highest BCUT2D eigenvalue weighted by atomic mass is 79.9. The van der Waals surface area contributed by atoms with Gasteiger partial charge in [0.2, 0.25) is 0 Å². The fourth-order valence-corrected chi connectivity index (χ4v) is 4.73. The Balaban J connectivity index is 1.84. The zero-order chi connectivity index (χ0) is 21.2. The van der Waals surface area contributed by atoms with Gasteiger partial charge in [-0.2, -0.15) is 0 Å². The molecule has 1 fully saturated rings. The topological polar surface area (TPSA) is 84.9 Å². The van der Waals surface area contributed by atoms with Gasteiger partial charge in [-0.05, 0) is 66.2 Å². The molecule has 2 aromatic rings. The summed E-state index contributed by atoms with van der Waals surface area (Å²) in [6, 6.07) is 10.9. The fraction of sp³-hybridized carbons (Fsp3) is 0.350. The van der Waals surface area contributed by atoms with Crippen LogP contribution in [0.2, 0.25) is 0 Å². The van der Waals surface area contributed by atoms with Crippen molar-refractivity contribution in [1.82, 2.24) is 4.90 Å². The van der Waals surface area contributed by atoms with Crippen molar-refractivity contribution in [3.63, 3.8) is 0 Å². The van der Waals surface area contributed by atoms with Crippen LogP contribution in [0.15, 0.2) is 51.8 Å². The monoisotopic (exact) mass is 482 g/mol. The smallest absolute Gasteiger partial charge is 0.261 e. The van der Waals surface area contributed by atoms with E-state index in [9.17, 15) is 13.2 Å². The lowest BCUT2D eigenvalue weighted by molar-refractivity contribution is -0.0387. The van der Waals surface area contributed by atoms with E-state index >= 15 is 0 Å². The summed E-state index contributed by atoms with van der Waals surface area (Å²) in [5.41, 5.74) is 0.703. The van der Waals surface area contributed by atoms with Crippen LogP contribution in [-0.2, 0) is 14.8 Å². The molecule has 1 heterocycles. The van der Waals surface area contributed by atoms with Crippen molar-refractivity contribution < 1.29 is 22.7 Å². The van der Waals surface area contributed by atoms with Crippen molar-refractivity contribution in [3.8, 4) is 5.75 Å². The second-order valence-electron chi connectivity index (χ2n) is 6.93. The third-order valence-electron chi connectivity index (χ3n) is 4.66. The molecule has 0 radical (unpaired) electrons. The molecule has 9 heteroatoms. The summed E-state index contributed by atoms with van der Waals surface area (Å²) in [4.78, 5) is 14.7. The number of carbonyl (C=O) groups excluding carboxylic acids is 1. The van der Waals surface area contributed by atoms with Crippen LogP contribution in [-0.4, -0.2) is 51.6 Å². The summed E-state index contributed by atoms with van der Waals surface area (Å²) in [6.07, 6.45) is -0.0581.